The fourth-order valence-corrected chi connectivity index (χ4v) is 2.64. The molecule has 0 aromatic heterocycles. The van der Waals surface area contributed by atoms with Gasteiger partial charge in [-0.05, 0) is 24.1 Å². The summed E-state index contributed by atoms with van der Waals surface area (Å²) in [5, 5.41) is 2.88. The quantitative estimate of drug-likeness (QED) is 0.865. The van der Waals surface area contributed by atoms with Gasteiger partial charge in [0.1, 0.15) is 6.61 Å². The Morgan fingerprint density at radius 2 is 1.88 bits per heavy atom. The van der Waals surface area contributed by atoms with Gasteiger partial charge in [0, 0.05) is 6.42 Å². The molecule has 128 valence electrons. The van der Waals surface area contributed by atoms with Gasteiger partial charge in [-0.25, -0.2) is 4.79 Å². The number of allylic oxidation sites excluding steroid dienone is 1. The SMILES string of the molecule is O=C(CC/C=C\c1ccccc1)Nc1ccccc1N1CCOC1=O. The highest BCUT2D eigenvalue weighted by Gasteiger charge is 2.25. The number of anilines is 2. The summed E-state index contributed by atoms with van der Waals surface area (Å²) in [6.45, 7) is 0.858. The minimum atomic E-state index is -0.382. The standard InChI is InChI=1S/C20H20N2O3/c23-19(13-7-4-10-16-8-2-1-3-9-16)21-17-11-5-6-12-18(17)22-14-15-25-20(22)24/h1-6,8-12H,7,13-15H2,(H,21,23)/b10-4-. The third-order valence-electron chi connectivity index (χ3n) is 3.88. The summed E-state index contributed by atoms with van der Waals surface area (Å²) in [6.07, 6.45) is 4.63. The van der Waals surface area contributed by atoms with E-state index in [2.05, 4.69) is 5.32 Å². The summed E-state index contributed by atoms with van der Waals surface area (Å²) in [6, 6.07) is 17.2. The minimum absolute atomic E-state index is 0.0854. The molecule has 25 heavy (non-hydrogen) atoms. The topological polar surface area (TPSA) is 58.6 Å². The Hall–Kier alpha value is -3.08. The van der Waals surface area contributed by atoms with Gasteiger partial charge in [0.25, 0.3) is 0 Å². The zero-order valence-electron chi connectivity index (χ0n) is 13.9. The summed E-state index contributed by atoms with van der Waals surface area (Å²) < 4.78 is 4.97. The molecule has 5 nitrogen and oxygen atoms in total. The monoisotopic (exact) mass is 336 g/mol. The van der Waals surface area contributed by atoms with Crippen molar-refractivity contribution in [2.24, 2.45) is 0 Å². The molecule has 0 spiro atoms. The third-order valence-corrected chi connectivity index (χ3v) is 3.88. The van der Waals surface area contributed by atoms with Crippen molar-refractivity contribution in [3.63, 3.8) is 0 Å². The average molecular weight is 336 g/mol. The van der Waals surface area contributed by atoms with Crippen molar-refractivity contribution in [3.8, 4) is 0 Å². The number of hydrogen-bond donors (Lipinski definition) is 1. The molecule has 1 N–H and O–H groups in total. The molecule has 0 aliphatic carbocycles. The Kier molecular flexibility index (Phi) is 5.46. The van der Waals surface area contributed by atoms with Gasteiger partial charge in [-0.1, -0.05) is 54.6 Å². The van der Waals surface area contributed by atoms with E-state index in [4.69, 9.17) is 4.74 Å². The van der Waals surface area contributed by atoms with E-state index in [0.29, 0.717) is 37.4 Å². The second-order valence-corrected chi connectivity index (χ2v) is 5.68. The highest BCUT2D eigenvalue weighted by Crippen LogP contribution is 2.28. The number of benzene rings is 2. The molecule has 5 heteroatoms. The lowest BCUT2D eigenvalue weighted by Crippen LogP contribution is -2.25. The van der Waals surface area contributed by atoms with Crippen molar-refractivity contribution in [2.75, 3.05) is 23.4 Å². The van der Waals surface area contributed by atoms with Crippen molar-refractivity contribution >= 4 is 29.5 Å². The Labute approximate surface area is 146 Å². The number of para-hydroxylation sites is 2. The molecule has 3 rings (SSSR count). The number of hydrogen-bond acceptors (Lipinski definition) is 3. The maximum absolute atomic E-state index is 12.2. The lowest BCUT2D eigenvalue weighted by molar-refractivity contribution is -0.116. The predicted octanol–water partition coefficient (Wildman–Crippen LogP) is 4.08. The van der Waals surface area contributed by atoms with Crippen molar-refractivity contribution in [3.05, 3.63) is 66.2 Å². The van der Waals surface area contributed by atoms with E-state index in [1.807, 2.05) is 54.6 Å². The molecule has 0 unspecified atom stereocenters. The number of rotatable bonds is 6. The van der Waals surface area contributed by atoms with Crippen LogP contribution in [0.4, 0.5) is 16.2 Å². The Balaban J connectivity index is 1.56. The van der Waals surface area contributed by atoms with E-state index in [1.165, 1.54) is 4.90 Å². The fraction of sp³-hybridized carbons (Fsp3) is 0.200. The van der Waals surface area contributed by atoms with Crippen LogP contribution in [0.5, 0.6) is 0 Å². The van der Waals surface area contributed by atoms with Crippen LogP contribution >= 0.6 is 0 Å². The lowest BCUT2D eigenvalue weighted by atomic mass is 10.2. The van der Waals surface area contributed by atoms with Gasteiger partial charge in [-0.2, -0.15) is 0 Å². The van der Waals surface area contributed by atoms with Crippen LogP contribution in [0.25, 0.3) is 6.08 Å². The number of carbonyl (C=O) groups is 2. The molecule has 0 radical (unpaired) electrons. The van der Waals surface area contributed by atoms with Crippen LogP contribution in [0, 0.1) is 0 Å². The summed E-state index contributed by atoms with van der Waals surface area (Å²) in [7, 11) is 0. The zero-order valence-corrected chi connectivity index (χ0v) is 13.9. The van der Waals surface area contributed by atoms with E-state index in [9.17, 15) is 9.59 Å². The molecule has 0 atom stereocenters. The van der Waals surface area contributed by atoms with Crippen molar-refractivity contribution in [2.45, 2.75) is 12.8 Å². The average Bonchev–Trinajstić information content (AvgIpc) is 3.06. The van der Waals surface area contributed by atoms with E-state index in [0.717, 1.165) is 5.56 Å². The van der Waals surface area contributed by atoms with Gasteiger partial charge in [0.2, 0.25) is 5.91 Å². The number of nitrogens with one attached hydrogen (secondary N) is 1. The molecule has 1 saturated heterocycles. The summed E-state index contributed by atoms with van der Waals surface area (Å²) in [5.74, 6) is -0.0854. The van der Waals surface area contributed by atoms with Crippen molar-refractivity contribution < 1.29 is 14.3 Å². The van der Waals surface area contributed by atoms with Crippen LogP contribution < -0.4 is 10.2 Å². The molecule has 1 fully saturated rings. The van der Waals surface area contributed by atoms with Gasteiger partial charge in [0.05, 0.1) is 17.9 Å². The number of ether oxygens (including phenoxy) is 1. The molecule has 0 saturated carbocycles. The number of amides is 2. The molecule has 2 amide bonds. The van der Waals surface area contributed by atoms with Gasteiger partial charge in [0.15, 0.2) is 0 Å². The van der Waals surface area contributed by atoms with Crippen molar-refractivity contribution in [1.82, 2.24) is 0 Å². The molecule has 1 aliphatic rings. The van der Waals surface area contributed by atoms with E-state index < -0.39 is 0 Å². The van der Waals surface area contributed by atoms with E-state index in [-0.39, 0.29) is 12.0 Å². The Bertz CT molecular complexity index is 772. The van der Waals surface area contributed by atoms with Crippen LogP contribution in [0.15, 0.2) is 60.7 Å². The molecular formula is C20H20N2O3. The molecule has 2 aromatic rings. The largest absolute Gasteiger partial charge is 0.447 e. The number of cyclic esters (lactones) is 1. The first-order valence-corrected chi connectivity index (χ1v) is 8.29. The fourth-order valence-electron chi connectivity index (χ4n) is 2.64. The third kappa shape index (κ3) is 4.47. The van der Waals surface area contributed by atoms with Crippen LogP contribution in [0.1, 0.15) is 18.4 Å². The van der Waals surface area contributed by atoms with Crippen LogP contribution in [-0.4, -0.2) is 25.2 Å². The lowest BCUT2D eigenvalue weighted by Gasteiger charge is -2.17. The molecule has 1 heterocycles. The predicted molar refractivity (Wildman–Crippen MR) is 98.5 cm³/mol. The van der Waals surface area contributed by atoms with Gasteiger partial charge in [-0.15, -0.1) is 0 Å². The summed E-state index contributed by atoms with van der Waals surface area (Å²) in [4.78, 5) is 25.5. The van der Waals surface area contributed by atoms with Gasteiger partial charge >= 0.3 is 6.09 Å². The first-order chi connectivity index (χ1) is 12.2. The second kappa shape index (κ2) is 8.15. The number of carbonyl (C=O) groups excluding carboxylic acids is 2. The van der Waals surface area contributed by atoms with Gasteiger partial charge < -0.3 is 10.1 Å². The normalized spacial score (nSPS) is 13.9. The van der Waals surface area contributed by atoms with Crippen LogP contribution in [-0.2, 0) is 9.53 Å². The summed E-state index contributed by atoms with van der Waals surface area (Å²) >= 11 is 0. The second-order valence-electron chi connectivity index (χ2n) is 5.68. The van der Waals surface area contributed by atoms with E-state index >= 15 is 0 Å². The smallest absolute Gasteiger partial charge is 0.414 e. The maximum Gasteiger partial charge on any atom is 0.414 e. The van der Waals surface area contributed by atoms with Crippen LogP contribution in [0.3, 0.4) is 0 Å². The van der Waals surface area contributed by atoms with Crippen molar-refractivity contribution in [1.29, 1.82) is 0 Å². The highest BCUT2D eigenvalue weighted by atomic mass is 16.6. The maximum atomic E-state index is 12.2. The van der Waals surface area contributed by atoms with Gasteiger partial charge in [-0.3, -0.25) is 9.69 Å². The molecular weight excluding hydrogens is 316 g/mol. The van der Waals surface area contributed by atoms with E-state index in [1.54, 1.807) is 12.1 Å². The summed E-state index contributed by atoms with van der Waals surface area (Å²) in [5.41, 5.74) is 2.40. The molecule has 1 aliphatic heterocycles. The Morgan fingerprint density at radius 1 is 1.12 bits per heavy atom. The number of nitrogens with zero attached hydrogens (tertiary/aromatic N) is 1. The van der Waals surface area contributed by atoms with Crippen LogP contribution in [0.2, 0.25) is 0 Å². The zero-order chi connectivity index (χ0) is 17.5. The highest BCUT2D eigenvalue weighted by molar-refractivity contribution is 5.99. The first-order valence-electron chi connectivity index (χ1n) is 8.29. The first kappa shape index (κ1) is 16.8. The molecule has 2 aromatic carbocycles. The Morgan fingerprint density at radius 3 is 2.64 bits per heavy atom. The minimum Gasteiger partial charge on any atom is -0.447 e. The molecule has 0 bridgehead atoms.